The molecule has 168 valence electrons. The minimum atomic E-state index is -0.567. The minimum absolute atomic E-state index is 0.0768. The van der Waals surface area contributed by atoms with Gasteiger partial charge in [-0.2, -0.15) is 0 Å². The van der Waals surface area contributed by atoms with Crippen LogP contribution >= 0.6 is 0 Å². The number of likely N-dealkylation sites (N-methyl/N-ethyl adjacent to an activating group) is 1. The Balaban J connectivity index is 1.66. The van der Waals surface area contributed by atoms with Crippen molar-refractivity contribution in [3.8, 4) is 11.5 Å². The van der Waals surface area contributed by atoms with Crippen LogP contribution < -0.4 is 14.8 Å². The molecule has 0 radical (unpaired) electrons. The summed E-state index contributed by atoms with van der Waals surface area (Å²) in [4.78, 5) is 13.7. The average molecular weight is 425 g/mol. The smallest absolute Gasteiger partial charge is 0.262 e. The van der Waals surface area contributed by atoms with Crippen molar-refractivity contribution in [2.45, 2.75) is 65.1 Å². The fraction of sp³-hybridized carbons (Fsp3) is 0.500. The van der Waals surface area contributed by atoms with E-state index in [1.807, 2.05) is 25.1 Å². The lowest BCUT2D eigenvalue weighted by molar-refractivity contribution is -0.135. The first kappa shape index (κ1) is 23.1. The second kappa shape index (κ2) is 10.7. The van der Waals surface area contributed by atoms with E-state index in [4.69, 9.17) is 9.47 Å². The van der Waals surface area contributed by atoms with Crippen molar-refractivity contribution in [2.24, 2.45) is 0 Å². The van der Waals surface area contributed by atoms with Crippen molar-refractivity contribution in [3.63, 3.8) is 0 Å². The SMILES string of the molecule is CCOc1cc(CNC(C)c2ccc3c(c2)CCCC3)ccc1OC(C)C(=O)N(C)C. The summed E-state index contributed by atoms with van der Waals surface area (Å²) >= 11 is 0. The van der Waals surface area contributed by atoms with Crippen LogP contribution in [0, 0.1) is 0 Å². The topological polar surface area (TPSA) is 50.8 Å². The number of carbonyl (C=O) groups is 1. The van der Waals surface area contributed by atoms with Crippen molar-refractivity contribution in [2.75, 3.05) is 20.7 Å². The van der Waals surface area contributed by atoms with E-state index >= 15 is 0 Å². The average Bonchev–Trinajstić information content (AvgIpc) is 2.78. The van der Waals surface area contributed by atoms with E-state index in [2.05, 4.69) is 30.4 Å². The number of benzene rings is 2. The Morgan fingerprint density at radius 1 is 1.03 bits per heavy atom. The highest BCUT2D eigenvalue weighted by molar-refractivity contribution is 5.80. The zero-order chi connectivity index (χ0) is 22.4. The van der Waals surface area contributed by atoms with Crippen LogP contribution in [0.4, 0.5) is 0 Å². The third-order valence-corrected chi connectivity index (χ3v) is 5.89. The van der Waals surface area contributed by atoms with Gasteiger partial charge < -0.3 is 19.7 Å². The Hall–Kier alpha value is -2.53. The van der Waals surface area contributed by atoms with E-state index < -0.39 is 6.10 Å². The van der Waals surface area contributed by atoms with Gasteiger partial charge in [-0.25, -0.2) is 0 Å². The lowest BCUT2D eigenvalue weighted by Crippen LogP contribution is -2.35. The summed E-state index contributed by atoms with van der Waals surface area (Å²) in [5, 5.41) is 3.63. The van der Waals surface area contributed by atoms with Gasteiger partial charge in [0.2, 0.25) is 0 Å². The van der Waals surface area contributed by atoms with Crippen molar-refractivity contribution in [1.82, 2.24) is 10.2 Å². The van der Waals surface area contributed by atoms with Gasteiger partial charge in [0, 0.05) is 26.7 Å². The highest BCUT2D eigenvalue weighted by atomic mass is 16.5. The van der Waals surface area contributed by atoms with E-state index in [-0.39, 0.29) is 11.9 Å². The van der Waals surface area contributed by atoms with Crippen LogP contribution in [0.15, 0.2) is 36.4 Å². The highest BCUT2D eigenvalue weighted by Gasteiger charge is 2.19. The Morgan fingerprint density at radius 2 is 1.77 bits per heavy atom. The predicted octanol–water partition coefficient (Wildman–Crippen LogP) is 4.67. The second-order valence-electron chi connectivity index (χ2n) is 8.54. The Labute approximate surface area is 186 Å². The first-order valence-corrected chi connectivity index (χ1v) is 11.4. The summed E-state index contributed by atoms with van der Waals surface area (Å²) < 4.78 is 11.7. The van der Waals surface area contributed by atoms with Gasteiger partial charge in [0.1, 0.15) is 0 Å². The molecule has 3 rings (SSSR count). The Kier molecular flexibility index (Phi) is 7.97. The van der Waals surface area contributed by atoms with E-state index in [1.54, 1.807) is 21.0 Å². The van der Waals surface area contributed by atoms with E-state index in [0.29, 0.717) is 18.1 Å². The second-order valence-corrected chi connectivity index (χ2v) is 8.54. The summed E-state index contributed by atoms with van der Waals surface area (Å²) in [6, 6.07) is 13.1. The molecule has 0 fully saturated rings. The van der Waals surface area contributed by atoms with Gasteiger partial charge in [0.05, 0.1) is 6.61 Å². The maximum absolute atomic E-state index is 12.1. The molecular formula is C26H36N2O3. The van der Waals surface area contributed by atoms with Crippen LogP contribution in [0.1, 0.15) is 61.9 Å². The largest absolute Gasteiger partial charge is 0.490 e. The van der Waals surface area contributed by atoms with E-state index in [1.165, 1.54) is 47.3 Å². The maximum atomic E-state index is 12.1. The molecule has 0 aliphatic heterocycles. The fourth-order valence-corrected chi connectivity index (χ4v) is 4.04. The lowest BCUT2D eigenvalue weighted by atomic mass is 9.89. The predicted molar refractivity (Wildman–Crippen MR) is 125 cm³/mol. The first-order chi connectivity index (χ1) is 14.9. The van der Waals surface area contributed by atoms with E-state index in [0.717, 1.165) is 12.1 Å². The molecule has 2 unspecified atom stereocenters. The minimum Gasteiger partial charge on any atom is -0.490 e. The number of ether oxygens (including phenoxy) is 2. The monoisotopic (exact) mass is 424 g/mol. The number of nitrogens with zero attached hydrogens (tertiary/aromatic N) is 1. The number of hydrogen-bond acceptors (Lipinski definition) is 4. The molecule has 1 amide bonds. The molecule has 0 saturated carbocycles. The Morgan fingerprint density at radius 3 is 2.48 bits per heavy atom. The summed E-state index contributed by atoms with van der Waals surface area (Å²) in [5.74, 6) is 1.18. The normalized spacial score (nSPS) is 15.0. The van der Waals surface area contributed by atoms with Gasteiger partial charge in [-0.05, 0) is 80.8 Å². The number of fused-ring (bicyclic) bond motifs is 1. The van der Waals surface area contributed by atoms with Crippen molar-refractivity contribution < 1.29 is 14.3 Å². The molecule has 2 aromatic rings. The van der Waals surface area contributed by atoms with Crippen LogP contribution in [-0.4, -0.2) is 37.6 Å². The summed E-state index contributed by atoms with van der Waals surface area (Å²) in [6.07, 6.45) is 4.45. The molecule has 1 aliphatic rings. The standard InChI is InChI=1S/C26H36N2O3/c1-6-30-25-15-20(11-14-24(25)31-19(3)26(29)28(4)5)17-27-18(2)22-13-12-21-9-7-8-10-23(21)16-22/h11-16,18-19,27H,6-10,17H2,1-5H3. The maximum Gasteiger partial charge on any atom is 0.262 e. The molecule has 0 aromatic heterocycles. The third kappa shape index (κ3) is 6.01. The number of aryl methyl sites for hydroxylation is 2. The third-order valence-electron chi connectivity index (χ3n) is 5.89. The van der Waals surface area contributed by atoms with Crippen molar-refractivity contribution >= 4 is 5.91 Å². The molecule has 0 heterocycles. The summed E-state index contributed by atoms with van der Waals surface area (Å²) in [5.41, 5.74) is 5.48. The van der Waals surface area contributed by atoms with Crippen LogP contribution in [0.25, 0.3) is 0 Å². The van der Waals surface area contributed by atoms with Gasteiger partial charge in [0.25, 0.3) is 5.91 Å². The van der Waals surface area contributed by atoms with Crippen LogP contribution in [0.2, 0.25) is 0 Å². The quantitative estimate of drug-likeness (QED) is 0.636. The molecule has 1 N–H and O–H groups in total. The highest BCUT2D eigenvalue weighted by Crippen LogP contribution is 2.30. The molecule has 0 bridgehead atoms. The van der Waals surface area contributed by atoms with E-state index in [9.17, 15) is 4.79 Å². The number of hydrogen-bond donors (Lipinski definition) is 1. The number of amides is 1. The Bertz CT molecular complexity index is 894. The van der Waals surface area contributed by atoms with Crippen molar-refractivity contribution in [3.05, 3.63) is 58.7 Å². The number of nitrogens with one attached hydrogen (secondary N) is 1. The first-order valence-electron chi connectivity index (χ1n) is 11.4. The van der Waals surface area contributed by atoms with Gasteiger partial charge in [0.15, 0.2) is 17.6 Å². The number of carbonyl (C=O) groups excluding carboxylic acids is 1. The zero-order valence-corrected chi connectivity index (χ0v) is 19.5. The van der Waals surface area contributed by atoms with Crippen LogP contribution in [0.5, 0.6) is 11.5 Å². The molecule has 0 spiro atoms. The molecule has 5 heteroatoms. The van der Waals surface area contributed by atoms with Crippen LogP contribution in [0.3, 0.4) is 0 Å². The summed E-state index contributed by atoms with van der Waals surface area (Å²) in [7, 11) is 3.45. The molecule has 2 aromatic carbocycles. The molecule has 5 nitrogen and oxygen atoms in total. The van der Waals surface area contributed by atoms with Gasteiger partial charge in [-0.15, -0.1) is 0 Å². The van der Waals surface area contributed by atoms with Gasteiger partial charge in [-0.3, -0.25) is 4.79 Å². The van der Waals surface area contributed by atoms with Crippen LogP contribution in [-0.2, 0) is 24.2 Å². The van der Waals surface area contributed by atoms with Crippen molar-refractivity contribution in [1.29, 1.82) is 0 Å². The van der Waals surface area contributed by atoms with Gasteiger partial charge in [-0.1, -0.05) is 24.3 Å². The lowest BCUT2D eigenvalue weighted by Gasteiger charge is -2.21. The number of rotatable bonds is 9. The zero-order valence-electron chi connectivity index (χ0n) is 19.5. The molecular weight excluding hydrogens is 388 g/mol. The fourth-order valence-electron chi connectivity index (χ4n) is 4.04. The molecule has 2 atom stereocenters. The van der Waals surface area contributed by atoms with Gasteiger partial charge >= 0.3 is 0 Å². The molecule has 0 saturated heterocycles. The molecule has 31 heavy (non-hydrogen) atoms. The summed E-state index contributed by atoms with van der Waals surface area (Å²) in [6.45, 7) is 7.18. The molecule has 1 aliphatic carbocycles.